The molecule has 0 saturated heterocycles. The number of hydrogen-bond acceptors (Lipinski definition) is 3. The molecule has 0 amide bonds. The van der Waals surface area contributed by atoms with E-state index in [0.717, 1.165) is 82.9 Å². The second-order valence-corrected chi connectivity index (χ2v) is 9.98. The van der Waals surface area contributed by atoms with Gasteiger partial charge in [-0.25, -0.2) is 0 Å². The van der Waals surface area contributed by atoms with Gasteiger partial charge in [-0.1, -0.05) is 97.1 Å². The minimum Gasteiger partial charge on any atom is -0.457 e. The zero-order valence-corrected chi connectivity index (χ0v) is 20.3. The standard InChI is InChI=1S/C34H19BO3/c1-2-12-23-22(11-1)33-30(24-13-4-7-18-28(24)37-33)35(31-25-14-5-8-19-29(25)38-34(23)31)26-16-9-15-21-20-10-3-6-17-27(20)36-32(21)26/h1-19H. The topological polar surface area (TPSA) is 39.4 Å². The number of rotatable bonds is 1. The summed E-state index contributed by atoms with van der Waals surface area (Å²) in [7, 11) is 0. The van der Waals surface area contributed by atoms with E-state index in [1.807, 2.05) is 24.3 Å². The van der Waals surface area contributed by atoms with Crippen LogP contribution in [0.25, 0.3) is 66.5 Å². The predicted molar refractivity (Wildman–Crippen MR) is 155 cm³/mol. The Kier molecular flexibility index (Phi) is 3.87. The molecule has 0 aliphatic carbocycles. The SMILES string of the molecule is c1ccc2c(c1)-c1oc3ccccc3c1B(c1cccc3c1oc1ccccc13)c1c-2oc2ccccc12. The highest BCUT2D eigenvalue weighted by Gasteiger charge is 2.40. The molecule has 1 aliphatic heterocycles. The summed E-state index contributed by atoms with van der Waals surface area (Å²) in [4.78, 5) is 0. The molecule has 0 spiro atoms. The number of furan rings is 3. The summed E-state index contributed by atoms with van der Waals surface area (Å²) < 4.78 is 19.9. The highest BCUT2D eigenvalue weighted by Crippen LogP contribution is 2.40. The fourth-order valence-corrected chi connectivity index (χ4v) is 6.43. The molecule has 0 unspecified atom stereocenters. The highest BCUT2D eigenvalue weighted by atomic mass is 16.3. The van der Waals surface area contributed by atoms with Gasteiger partial charge in [-0.2, -0.15) is 0 Å². The second kappa shape index (κ2) is 7.30. The van der Waals surface area contributed by atoms with Crippen molar-refractivity contribution in [2.24, 2.45) is 0 Å². The van der Waals surface area contributed by atoms with Crippen LogP contribution in [-0.4, -0.2) is 6.71 Å². The lowest BCUT2D eigenvalue weighted by atomic mass is 9.35. The average Bonchev–Trinajstić information content (AvgIpc) is 3.64. The Hall–Kier alpha value is -4.96. The Balaban J connectivity index is 1.52. The molecule has 4 heterocycles. The predicted octanol–water partition coefficient (Wildman–Crippen LogP) is 7.24. The van der Waals surface area contributed by atoms with Crippen molar-refractivity contribution < 1.29 is 13.3 Å². The summed E-state index contributed by atoms with van der Waals surface area (Å²) in [6.07, 6.45) is 0. The fraction of sp³-hybridized carbons (Fsp3) is 0. The van der Waals surface area contributed by atoms with E-state index in [4.69, 9.17) is 13.3 Å². The van der Waals surface area contributed by atoms with Crippen LogP contribution in [0.15, 0.2) is 129 Å². The summed E-state index contributed by atoms with van der Waals surface area (Å²) in [5.41, 5.74) is 9.02. The first-order valence-corrected chi connectivity index (χ1v) is 12.9. The van der Waals surface area contributed by atoms with Gasteiger partial charge in [-0.3, -0.25) is 0 Å². The molecule has 0 fully saturated rings. The third-order valence-corrected chi connectivity index (χ3v) is 8.01. The lowest BCUT2D eigenvalue weighted by Crippen LogP contribution is -2.52. The third kappa shape index (κ3) is 2.54. The van der Waals surface area contributed by atoms with Crippen LogP contribution >= 0.6 is 0 Å². The van der Waals surface area contributed by atoms with Crippen LogP contribution in [0.2, 0.25) is 0 Å². The molecular weight excluding hydrogens is 467 g/mol. The monoisotopic (exact) mass is 486 g/mol. The van der Waals surface area contributed by atoms with E-state index in [1.165, 1.54) is 0 Å². The van der Waals surface area contributed by atoms with E-state index in [2.05, 4.69) is 91.0 Å². The van der Waals surface area contributed by atoms with Crippen molar-refractivity contribution in [2.45, 2.75) is 0 Å². The van der Waals surface area contributed by atoms with Crippen LogP contribution in [0, 0.1) is 0 Å². The maximum absolute atomic E-state index is 6.66. The van der Waals surface area contributed by atoms with Crippen LogP contribution in [-0.2, 0) is 0 Å². The zero-order valence-electron chi connectivity index (χ0n) is 20.3. The van der Waals surface area contributed by atoms with Crippen molar-refractivity contribution in [3.8, 4) is 22.6 Å². The molecule has 176 valence electrons. The summed E-state index contributed by atoms with van der Waals surface area (Å²) >= 11 is 0. The van der Waals surface area contributed by atoms with Crippen molar-refractivity contribution in [2.75, 3.05) is 0 Å². The zero-order chi connectivity index (χ0) is 24.8. The minimum absolute atomic E-state index is 0.163. The van der Waals surface area contributed by atoms with Gasteiger partial charge in [0.2, 0.25) is 0 Å². The number of benzene rings is 5. The first-order chi connectivity index (χ1) is 18.9. The highest BCUT2D eigenvalue weighted by molar-refractivity contribution is 7.01. The maximum Gasteiger partial charge on any atom is 0.257 e. The largest absolute Gasteiger partial charge is 0.457 e. The second-order valence-electron chi connectivity index (χ2n) is 9.98. The third-order valence-electron chi connectivity index (χ3n) is 8.01. The van der Waals surface area contributed by atoms with Crippen LogP contribution in [0.1, 0.15) is 0 Å². The van der Waals surface area contributed by atoms with Crippen molar-refractivity contribution in [3.63, 3.8) is 0 Å². The van der Waals surface area contributed by atoms with Crippen LogP contribution in [0.3, 0.4) is 0 Å². The Bertz CT molecular complexity index is 2110. The Morgan fingerprint density at radius 2 is 0.868 bits per heavy atom. The van der Waals surface area contributed by atoms with E-state index >= 15 is 0 Å². The van der Waals surface area contributed by atoms with Gasteiger partial charge in [0.05, 0.1) is 0 Å². The van der Waals surface area contributed by atoms with Crippen LogP contribution in [0.4, 0.5) is 0 Å². The molecule has 3 aromatic heterocycles. The molecule has 4 heteroatoms. The van der Waals surface area contributed by atoms with Gasteiger partial charge in [0.25, 0.3) is 6.71 Å². The molecule has 0 radical (unpaired) electrons. The summed E-state index contributed by atoms with van der Waals surface area (Å²) in [6.45, 7) is -0.163. The van der Waals surface area contributed by atoms with Crippen molar-refractivity contribution in [1.82, 2.24) is 0 Å². The van der Waals surface area contributed by atoms with E-state index in [-0.39, 0.29) is 6.71 Å². The number of hydrogen-bond donors (Lipinski definition) is 0. The van der Waals surface area contributed by atoms with Crippen molar-refractivity contribution in [3.05, 3.63) is 115 Å². The summed E-state index contributed by atoms with van der Waals surface area (Å²) in [6, 6.07) is 39.8. The van der Waals surface area contributed by atoms with Crippen molar-refractivity contribution >= 4 is 67.0 Å². The number of fused-ring (bicyclic) bond motifs is 12. The molecule has 0 atom stereocenters. The number of para-hydroxylation sites is 4. The molecule has 3 nitrogen and oxygen atoms in total. The van der Waals surface area contributed by atoms with Gasteiger partial charge in [0, 0.05) is 32.7 Å². The normalized spacial score (nSPS) is 12.7. The molecular formula is C34H19BO3. The molecule has 38 heavy (non-hydrogen) atoms. The van der Waals surface area contributed by atoms with Gasteiger partial charge >= 0.3 is 0 Å². The molecule has 0 saturated carbocycles. The molecule has 0 bridgehead atoms. The average molecular weight is 486 g/mol. The Morgan fingerprint density at radius 3 is 1.47 bits per heavy atom. The molecule has 8 aromatic rings. The Morgan fingerprint density at radius 1 is 0.395 bits per heavy atom. The van der Waals surface area contributed by atoms with Crippen LogP contribution in [0.5, 0.6) is 0 Å². The van der Waals surface area contributed by atoms with E-state index in [1.54, 1.807) is 0 Å². The van der Waals surface area contributed by atoms with E-state index in [0.29, 0.717) is 0 Å². The van der Waals surface area contributed by atoms with Crippen molar-refractivity contribution in [1.29, 1.82) is 0 Å². The fourth-order valence-electron chi connectivity index (χ4n) is 6.43. The quantitative estimate of drug-likeness (QED) is 0.230. The lowest BCUT2D eigenvalue weighted by molar-refractivity contribution is 0.627. The van der Waals surface area contributed by atoms with Crippen LogP contribution < -0.4 is 16.4 Å². The van der Waals surface area contributed by atoms with Gasteiger partial charge in [0.15, 0.2) is 0 Å². The Labute approximate surface area is 218 Å². The minimum atomic E-state index is -0.163. The van der Waals surface area contributed by atoms with Gasteiger partial charge in [0.1, 0.15) is 33.9 Å². The first kappa shape index (κ1) is 20.1. The molecule has 9 rings (SSSR count). The van der Waals surface area contributed by atoms with Gasteiger partial charge in [-0.05, 0) is 34.6 Å². The smallest absolute Gasteiger partial charge is 0.257 e. The molecule has 5 aromatic carbocycles. The lowest BCUT2D eigenvalue weighted by Gasteiger charge is -2.14. The van der Waals surface area contributed by atoms with E-state index < -0.39 is 0 Å². The summed E-state index contributed by atoms with van der Waals surface area (Å²) in [5.74, 6) is 1.77. The first-order valence-electron chi connectivity index (χ1n) is 12.9. The van der Waals surface area contributed by atoms with Gasteiger partial charge < -0.3 is 13.3 Å². The molecule has 1 aliphatic rings. The van der Waals surface area contributed by atoms with E-state index in [9.17, 15) is 0 Å². The summed E-state index contributed by atoms with van der Waals surface area (Å²) in [5, 5.41) is 4.45. The molecule has 0 N–H and O–H groups in total. The maximum atomic E-state index is 6.66. The van der Waals surface area contributed by atoms with Gasteiger partial charge in [-0.15, -0.1) is 0 Å².